The summed E-state index contributed by atoms with van der Waals surface area (Å²) in [5, 5.41) is 0. The highest BCUT2D eigenvalue weighted by Gasteiger charge is 1.99. The van der Waals surface area contributed by atoms with Crippen LogP contribution in [0.3, 0.4) is 0 Å². The first-order valence-electron chi connectivity index (χ1n) is 3.79. The van der Waals surface area contributed by atoms with E-state index < -0.39 is 0 Å². The van der Waals surface area contributed by atoms with E-state index in [2.05, 4.69) is 24.0 Å². The van der Waals surface area contributed by atoms with Crippen molar-refractivity contribution in [2.24, 2.45) is 0 Å². The molecule has 2 rings (SSSR count). The van der Waals surface area contributed by atoms with Crippen LogP contribution in [0.5, 0.6) is 0 Å². The smallest absolute Gasteiger partial charge is 0.0986 e. The number of halogens is 1. The lowest BCUT2D eigenvalue weighted by atomic mass is 10.2. The molecule has 0 radical (unpaired) electrons. The summed E-state index contributed by atoms with van der Waals surface area (Å²) in [6, 6.07) is 6.62. The van der Waals surface area contributed by atoms with Crippen molar-refractivity contribution in [3.05, 3.63) is 30.1 Å². The van der Waals surface area contributed by atoms with Crippen LogP contribution in [0.15, 0.2) is 24.5 Å². The highest BCUT2D eigenvalue weighted by molar-refractivity contribution is 6.15. The lowest BCUT2D eigenvalue weighted by Crippen LogP contribution is -1.87. The lowest BCUT2D eigenvalue weighted by Gasteiger charge is -1.96. The van der Waals surface area contributed by atoms with E-state index in [1.165, 1.54) is 5.56 Å². The third-order valence-corrected chi connectivity index (χ3v) is 2.16. The minimum atomic E-state index is 0.458. The second kappa shape index (κ2) is 2.79. The predicted molar refractivity (Wildman–Crippen MR) is 50.3 cm³/mol. The molecule has 1 aromatic heterocycles. The maximum absolute atomic E-state index is 5.71. The zero-order chi connectivity index (χ0) is 8.55. The van der Waals surface area contributed by atoms with Gasteiger partial charge in [-0.15, -0.1) is 11.6 Å². The molecule has 0 fully saturated rings. The molecule has 2 nitrogen and oxygen atoms in total. The van der Waals surface area contributed by atoms with Crippen molar-refractivity contribution in [1.82, 2.24) is 9.55 Å². The molecule has 0 aliphatic heterocycles. The Balaban J connectivity index is 2.73. The van der Waals surface area contributed by atoms with E-state index in [4.69, 9.17) is 11.6 Å². The van der Waals surface area contributed by atoms with Crippen LogP contribution in [-0.2, 0) is 6.00 Å². The topological polar surface area (TPSA) is 17.8 Å². The van der Waals surface area contributed by atoms with Gasteiger partial charge in [-0.05, 0) is 24.6 Å². The highest BCUT2D eigenvalue weighted by atomic mass is 35.5. The minimum absolute atomic E-state index is 0.458. The van der Waals surface area contributed by atoms with Gasteiger partial charge in [0.15, 0.2) is 0 Å². The van der Waals surface area contributed by atoms with Gasteiger partial charge in [0, 0.05) is 0 Å². The van der Waals surface area contributed by atoms with Crippen molar-refractivity contribution in [1.29, 1.82) is 0 Å². The molecular formula is C9H9ClN2. The van der Waals surface area contributed by atoms with Gasteiger partial charge >= 0.3 is 0 Å². The van der Waals surface area contributed by atoms with E-state index in [1.807, 2.05) is 10.6 Å². The van der Waals surface area contributed by atoms with Gasteiger partial charge in [-0.3, -0.25) is 0 Å². The molecule has 0 atom stereocenters. The van der Waals surface area contributed by atoms with Crippen LogP contribution in [0.2, 0.25) is 0 Å². The summed E-state index contributed by atoms with van der Waals surface area (Å²) in [5.41, 5.74) is 3.33. The second-order valence-electron chi connectivity index (χ2n) is 2.83. The van der Waals surface area contributed by atoms with Crippen molar-refractivity contribution in [3.63, 3.8) is 0 Å². The van der Waals surface area contributed by atoms with Gasteiger partial charge in [0.1, 0.15) is 0 Å². The number of alkyl halides is 1. The average molecular weight is 181 g/mol. The molecule has 0 spiro atoms. The highest BCUT2D eigenvalue weighted by Crippen LogP contribution is 2.14. The molecule has 62 valence electrons. The number of hydrogen-bond acceptors (Lipinski definition) is 1. The summed E-state index contributed by atoms with van der Waals surface area (Å²) >= 11 is 5.71. The van der Waals surface area contributed by atoms with Gasteiger partial charge in [-0.1, -0.05) is 6.07 Å². The minimum Gasteiger partial charge on any atom is -0.316 e. The summed E-state index contributed by atoms with van der Waals surface area (Å²) in [6.45, 7) is 2.05. The third kappa shape index (κ3) is 1.08. The Morgan fingerprint density at radius 2 is 2.33 bits per heavy atom. The number of aryl methyl sites for hydroxylation is 1. The zero-order valence-electron chi connectivity index (χ0n) is 6.79. The Bertz CT molecular complexity index is 406. The quantitative estimate of drug-likeness (QED) is 0.617. The van der Waals surface area contributed by atoms with Gasteiger partial charge < -0.3 is 4.57 Å². The fourth-order valence-electron chi connectivity index (χ4n) is 1.27. The van der Waals surface area contributed by atoms with Crippen molar-refractivity contribution in [2.75, 3.05) is 0 Å². The molecule has 0 aliphatic carbocycles. The molecule has 0 saturated carbocycles. The van der Waals surface area contributed by atoms with Gasteiger partial charge in [0.2, 0.25) is 0 Å². The summed E-state index contributed by atoms with van der Waals surface area (Å²) in [4.78, 5) is 4.23. The second-order valence-corrected chi connectivity index (χ2v) is 3.07. The summed E-state index contributed by atoms with van der Waals surface area (Å²) in [7, 11) is 0. The van der Waals surface area contributed by atoms with Crippen LogP contribution in [0.1, 0.15) is 5.56 Å². The predicted octanol–water partition coefficient (Wildman–Crippen LogP) is 2.54. The monoisotopic (exact) mass is 180 g/mol. The van der Waals surface area contributed by atoms with Gasteiger partial charge in [-0.25, -0.2) is 4.98 Å². The summed E-state index contributed by atoms with van der Waals surface area (Å²) in [6.07, 6.45) is 1.76. The molecular weight excluding hydrogens is 172 g/mol. The number of fused-ring (bicyclic) bond motifs is 1. The first-order chi connectivity index (χ1) is 5.81. The lowest BCUT2D eigenvalue weighted by molar-refractivity contribution is 0.913. The van der Waals surface area contributed by atoms with E-state index in [0.717, 1.165) is 11.0 Å². The van der Waals surface area contributed by atoms with Crippen molar-refractivity contribution < 1.29 is 0 Å². The van der Waals surface area contributed by atoms with Crippen molar-refractivity contribution in [3.8, 4) is 0 Å². The first kappa shape index (κ1) is 7.62. The number of nitrogens with zero attached hydrogens (tertiary/aromatic N) is 2. The van der Waals surface area contributed by atoms with Crippen LogP contribution in [0.25, 0.3) is 11.0 Å². The third-order valence-electron chi connectivity index (χ3n) is 1.91. The van der Waals surface area contributed by atoms with E-state index in [1.54, 1.807) is 6.33 Å². The Hall–Kier alpha value is -1.02. The Labute approximate surface area is 75.8 Å². The van der Waals surface area contributed by atoms with Crippen molar-refractivity contribution in [2.45, 2.75) is 12.9 Å². The molecule has 0 N–H and O–H groups in total. The van der Waals surface area contributed by atoms with Crippen LogP contribution in [0, 0.1) is 6.92 Å². The fourth-order valence-corrected chi connectivity index (χ4v) is 1.46. The molecule has 0 bridgehead atoms. The van der Waals surface area contributed by atoms with Gasteiger partial charge in [0.25, 0.3) is 0 Å². The number of rotatable bonds is 1. The van der Waals surface area contributed by atoms with Crippen LogP contribution < -0.4 is 0 Å². The van der Waals surface area contributed by atoms with Gasteiger partial charge in [-0.2, -0.15) is 0 Å². The van der Waals surface area contributed by atoms with E-state index >= 15 is 0 Å². The molecule has 0 unspecified atom stereocenters. The summed E-state index contributed by atoms with van der Waals surface area (Å²) in [5.74, 6) is 0. The molecule has 0 aliphatic rings. The van der Waals surface area contributed by atoms with Gasteiger partial charge in [0.05, 0.1) is 23.4 Å². The molecule has 1 aromatic carbocycles. The number of hydrogen-bond donors (Lipinski definition) is 0. The maximum Gasteiger partial charge on any atom is 0.0986 e. The number of imidazole rings is 1. The largest absolute Gasteiger partial charge is 0.316 e. The van der Waals surface area contributed by atoms with Crippen molar-refractivity contribution >= 4 is 22.6 Å². The van der Waals surface area contributed by atoms with E-state index in [0.29, 0.717) is 6.00 Å². The standard InChI is InChI=1S/C9H9ClN2/c1-7-2-3-9-8(4-7)11-6-12(9)5-10/h2-4,6H,5H2,1H3. The molecule has 3 heteroatoms. The van der Waals surface area contributed by atoms with Crippen LogP contribution >= 0.6 is 11.6 Å². The average Bonchev–Trinajstić information content (AvgIpc) is 2.46. The zero-order valence-corrected chi connectivity index (χ0v) is 7.54. The van der Waals surface area contributed by atoms with Crippen LogP contribution in [0.4, 0.5) is 0 Å². The summed E-state index contributed by atoms with van der Waals surface area (Å²) < 4.78 is 1.91. The molecule has 2 aromatic rings. The molecule has 12 heavy (non-hydrogen) atoms. The molecule has 1 heterocycles. The van der Waals surface area contributed by atoms with E-state index in [9.17, 15) is 0 Å². The van der Waals surface area contributed by atoms with Crippen LogP contribution in [-0.4, -0.2) is 9.55 Å². The number of benzene rings is 1. The Morgan fingerprint density at radius 3 is 3.08 bits per heavy atom. The first-order valence-corrected chi connectivity index (χ1v) is 4.32. The van der Waals surface area contributed by atoms with E-state index in [-0.39, 0.29) is 0 Å². The molecule has 0 saturated heterocycles. The number of aromatic nitrogens is 2. The maximum atomic E-state index is 5.71. The normalized spacial score (nSPS) is 10.8. The Morgan fingerprint density at radius 1 is 1.50 bits per heavy atom. The fraction of sp³-hybridized carbons (Fsp3) is 0.222. The SMILES string of the molecule is Cc1ccc2c(c1)ncn2CCl. The Kier molecular flexibility index (Phi) is 1.77. The molecule has 0 amide bonds.